The van der Waals surface area contributed by atoms with Gasteiger partial charge in [0, 0.05) is 12.1 Å². The number of carbonyl (C=O) groups is 1. The van der Waals surface area contributed by atoms with Crippen molar-refractivity contribution in [3.05, 3.63) is 64.2 Å². The Morgan fingerprint density at radius 2 is 1.61 bits per heavy atom. The van der Waals surface area contributed by atoms with E-state index in [0.29, 0.717) is 30.0 Å². The van der Waals surface area contributed by atoms with Crippen LogP contribution in [0.1, 0.15) is 73.9 Å². The molecule has 0 saturated heterocycles. The minimum atomic E-state index is -1.41. The van der Waals surface area contributed by atoms with E-state index in [0.717, 1.165) is 30.9 Å². The van der Waals surface area contributed by atoms with Crippen LogP contribution in [0.25, 0.3) is 0 Å². The topological polar surface area (TPSA) is 50.1 Å². The van der Waals surface area contributed by atoms with E-state index in [9.17, 15) is 22.4 Å². The molecule has 1 saturated carbocycles. The van der Waals surface area contributed by atoms with Crippen molar-refractivity contribution >= 4 is 5.97 Å². The highest BCUT2D eigenvalue weighted by atomic mass is 19.1. The fourth-order valence-corrected chi connectivity index (χ4v) is 4.80. The molecule has 176 valence electrons. The predicted molar refractivity (Wildman–Crippen MR) is 116 cm³/mol. The zero-order chi connectivity index (χ0) is 24.1. The van der Waals surface area contributed by atoms with Crippen LogP contribution in [0.5, 0.6) is 5.75 Å². The molecule has 1 aliphatic carbocycles. The number of rotatable bonds is 7. The average Bonchev–Trinajstić information content (AvgIpc) is 2.73. The summed E-state index contributed by atoms with van der Waals surface area (Å²) >= 11 is 0. The van der Waals surface area contributed by atoms with Crippen LogP contribution in [0.15, 0.2) is 24.3 Å². The fraction of sp³-hybridized carbons (Fsp3) is 0.462. The van der Waals surface area contributed by atoms with Gasteiger partial charge in [0.25, 0.3) is 0 Å². The Morgan fingerprint density at radius 1 is 1.03 bits per heavy atom. The highest BCUT2D eigenvalue weighted by molar-refractivity contribution is 5.91. The van der Waals surface area contributed by atoms with E-state index in [1.165, 1.54) is 31.8 Å². The van der Waals surface area contributed by atoms with Crippen molar-refractivity contribution in [3.8, 4) is 11.8 Å². The molecule has 1 fully saturated rings. The number of nitriles is 1. The lowest BCUT2D eigenvalue weighted by Crippen LogP contribution is -2.22. The van der Waals surface area contributed by atoms with E-state index in [-0.39, 0.29) is 5.92 Å². The number of hydrogen-bond donors (Lipinski definition) is 0. The third kappa shape index (κ3) is 5.93. The summed E-state index contributed by atoms with van der Waals surface area (Å²) in [4.78, 5) is 12.3. The Morgan fingerprint density at radius 3 is 2.12 bits per heavy atom. The van der Waals surface area contributed by atoms with E-state index < -0.39 is 46.1 Å². The van der Waals surface area contributed by atoms with Crippen molar-refractivity contribution in [3.63, 3.8) is 0 Å². The summed E-state index contributed by atoms with van der Waals surface area (Å²) in [5, 5.41) is 8.69. The molecule has 2 aromatic carbocycles. The van der Waals surface area contributed by atoms with Crippen LogP contribution in [-0.2, 0) is 6.42 Å². The van der Waals surface area contributed by atoms with Crippen molar-refractivity contribution < 1.29 is 27.1 Å². The van der Waals surface area contributed by atoms with E-state index in [1.54, 1.807) is 0 Å². The molecule has 0 aromatic heterocycles. The summed E-state index contributed by atoms with van der Waals surface area (Å²) in [6, 6.07) is 4.78. The Hall–Kier alpha value is -2.88. The summed E-state index contributed by atoms with van der Waals surface area (Å²) in [6.45, 7) is 4.27. The van der Waals surface area contributed by atoms with Crippen LogP contribution in [-0.4, -0.2) is 5.97 Å². The molecule has 0 spiro atoms. The molecule has 33 heavy (non-hydrogen) atoms. The summed E-state index contributed by atoms with van der Waals surface area (Å²) in [6.07, 6.45) is 7.51. The number of carbonyl (C=O) groups excluding carboxylic acids is 1. The zero-order valence-electron chi connectivity index (χ0n) is 18.8. The van der Waals surface area contributed by atoms with Crippen LogP contribution in [0, 0.1) is 52.4 Å². The highest BCUT2D eigenvalue weighted by Crippen LogP contribution is 2.36. The molecular formula is C26H27F4NO2. The van der Waals surface area contributed by atoms with Crippen LogP contribution in [0.2, 0.25) is 0 Å². The molecule has 3 nitrogen and oxygen atoms in total. The molecule has 7 heteroatoms. The Balaban J connectivity index is 1.69. The van der Waals surface area contributed by atoms with Gasteiger partial charge in [0.05, 0.1) is 0 Å². The van der Waals surface area contributed by atoms with Gasteiger partial charge in [0.2, 0.25) is 0 Å². The van der Waals surface area contributed by atoms with E-state index in [1.807, 2.05) is 0 Å². The predicted octanol–water partition coefficient (Wildman–Crippen LogP) is 7.12. The lowest BCUT2D eigenvalue weighted by Gasteiger charge is -2.32. The minimum absolute atomic E-state index is 0.244. The second kappa shape index (κ2) is 10.8. The summed E-state index contributed by atoms with van der Waals surface area (Å²) in [7, 11) is 0. The molecule has 0 aliphatic heterocycles. The summed E-state index contributed by atoms with van der Waals surface area (Å²) < 4.78 is 61.5. The quantitative estimate of drug-likeness (QED) is 0.251. The first-order valence-electron chi connectivity index (χ1n) is 11.3. The van der Waals surface area contributed by atoms with Gasteiger partial charge in [-0.1, -0.05) is 39.5 Å². The summed E-state index contributed by atoms with van der Waals surface area (Å²) in [5.41, 5.74) is -1.33. The normalized spacial score (nSPS) is 19.1. The van der Waals surface area contributed by atoms with E-state index in [2.05, 4.69) is 13.8 Å². The molecule has 1 unspecified atom stereocenters. The van der Waals surface area contributed by atoms with Crippen LogP contribution < -0.4 is 4.74 Å². The Bertz CT molecular complexity index is 1010. The van der Waals surface area contributed by atoms with Gasteiger partial charge in [-0.15, -0.1) is 0 Å². The van der Waals surface area contributed by atoms with E-state index in [4.69, 9.17) is 10.00 Å². The molecule has 0 amide bonds. The van der Waals surface area contributed by atoms with Crippen LogP contribution >= 0.6 is 0 Å². The SMILES string of the molecule is CCCC1CCC(C(C)Cc2cc(F)c(C(=O)Oc3cc(F)c(C#N)c(F)c3)c(F)c2)CC1. The second-order valence-corrected chi connectivity index (χ2v) is 8.95. The van der Waals surface area contributed by atoms with Crippen molar-refractivity contribution in [1.82, 2.24) is 0 Å². The average molecular weight is 461 g/mol. The maximum Gasteiger partial charge on any atom is 0.349 e. The molecular weight excluding hydrogens is 434 g/mol. The van der Waals surface area contributed by atoms with Crippen molar-refractivity contribution in [2.45, 2.75) is 58.8 Å². The van der Waals surface area contributed by atoms with Gasteiger partial charge in [-0.3, -0.25) is 0 Å². The van der Waals surface area contributed by atoms with Crippen LogP contribution in [0.3, 0.4) is 0 Å². The Labute approximate surface area is 191 Å². The maximum absolute atomic E-state index is 14.6. The lowest BCUT2D eigenvalue weighted by molar-refractivity contribution is 0.0723. The van der Waals surface area contributed by atoms with Crippen molar-refractivity contribution in [2.24, 2.45) is 17.8 Å². The van der Waals surface area contributed by atoms with Crippen LogP contribution in [0.4, 0.5) is 17.6 Å². The number of benzene rings is 2. The number of halogens is 4. The first kappa shape index (κ1) is 24.8. The summed E-state index contributed by atoms with van der Waals surface area (Å²) in [5.74, 6) is -5.16. The number of esters is 1. The van der Waals surface area contributed by atoms with Gasteiger partial charge < -0.3 is 4.74 Å². The molecule has 3 rings (SSSR count). The minimum Gasteiger partial charge on any atom is -0.423 e. The molecule has 0 heterocycles. The third-order valence-corrected chi connectivity index (χ3v) is 6.59. The van der Waals surface area contributed by atoms with Gasteiger partial charge in [0.1, 0.15) is 46.2 Å². The largest absolute Gasteiger partial charge is 0.423 e. The smallest absolute Gasteiger partial charge is 0.349 e. The first-order valence-corrected chi connectivity index (χ1v) is 11.3. The maximum atomic E-state index is 14.6. The second-order valence-electron chi connectivity index (χ2n) is 8.95. The van der Waals surface area contributed by atoms with E-state index >= 15 is 0 Å². The third-order valence-electron chi connectivity index (χ3n) is 6.59. The zero-order valence-corrected chi connectivity index (χ0v) is 18.8. The first-order chi connectivity index (χ1) is 15.7. The highest BCUT2D eigenvalue weighted by Gasteiger charge is 2.27. The molecule has 0 bridgehead atoms. The molecule has 1 aliphatic rings. The molecule has 2 aromatic rings. The fourth-order valence-electron chi connectivity index (χ4n) is 4.80. The lowest BCUT2D eigenvalue weighted by atomic mass is 9.73. The van der Waals surface area contributed by atoms with Gasteiger partial charge >= 0.3 is 5.97 Å². The Kier molecular flexibility index (Phi) is 8.12. The number of ether oxygens (including phenoxy) is 1. The van der Waals surface area contributed by atoms with Gasteiger partial charge in [-0.2, -0.15) is 5.26 Å². The van der Waals surface area contributed by atoms with Crippen molar-refractivity contribution in [2.75, 3.05) is 0 Å². The van der Waals surface area contributed by atoms with Gasteiger partial charge in [-0.25, -0.2) is 22.4 Å². The standard InChI is InChI=1S/C26H27F4NO2/c1-3-4-16-5-7-18(8-6-16)15(2)9-17-10-23(29)25(24(30)11-17)26(32)33-19-12-21(27)20(14-31)22(28)13-19/h10-13,15-16,18H,3-9H2,1-2H3. The van der Waals surface area contributed by atoms with Gasteiger partial charge in [-0.05, 0) is 54.7 Å². The van der Waals surface area contributed by atoms with Gasteiger partial charge in [0.15, 0.2) is 0 Å². The number of nitrogens with zero attached hydrogens (tertiary/aromatic N) is 1. The monoisotopic (exact) mass is 461 g/mol. The molecule has 0 radical (unpaired) electrons. The molecule has 1 atom stereocenters. The van der Waals surface area contributed by atoms with Crippen molar-refractivity contribution in [1.29, 1.82) is 5.26 Å². The number of hydrogen-bond acceptors (Lipinski definition) is 3. The molecule has 0 N–H and O–H groups in total.